The van der Waals surface area contributed by atoms with Crippen molar-refractivity contribution in [3.05, 3.63) is 80.5 Å². The molecule has 0 radical (unpaired) electrons. The molecule has 200 valence electrons. The third-order valence-electron chi connectivity index (χ3n) is 5.69. The fraction of sp³-hybridized carbons (Fsp3) is 0.370. The molecule has 2 N–H and O–H groups in total. The van der Waals surface area contributed by atoms with E-state index < -0.39 is 41.4 Å². The summed E-state index contributed by atoms with van der Waals surface area (Å²) < 4.78 is 47.2. The molecule has 1 aromatic carbocycles. The van der Waals surface area contributed by atoms with Gasteiger partial charge >= 0.3 is 17.9 Å². The number of amides is 1. The second-order valence-electron chi connectivity index (χ2n) is 8.68. The highest BCUT2D eigenvalue weighted by Gasteiger charge is 2.26. The van der Waals surface area contributed by atoms with E-state index >= 15 is 0 Å². The van der Waals surface area contributed by atoms with Crippen molar-refractivity contribution in [2.24, 2.45) is 0 Å². The quantitative estimate of drug-likeness (QED) is 0.285. The molecule has 7 nitrogen and oxygen atoms in total. The van der Waals surface area contributed by atoms with E-state index in [4.69, 9.17) is 4.42 Å². The summed E-state index contributed by atoms with van der Waals surface area (Å²) in [5, 5.41) is 12.8. The summed E-state index contributed by atoms with van der Waals surface area (Å²) in [4.78, 5) is 36.5. The lowest BCUT2D eigenvalue weighted by Gasteiger charge is -2.11. The number of nitrogens with one attached hydrogen (secondary N) is 1. The fourth-order valence-corrected chi connectivity index (χ4v) is 3.55. The molecule has 0 saturated heterocycles. The first-order chi connectivity index (χ1) is 17.3. The Bertz CT molecular complexity index is 1240. The van der Waals surface area contributed by atoms with Gasteiger partial charge in [0.15, 0.2) is 5.78 Å². The molecule has 0 aliphatic rings. The van der Waals surface area contributed by atoms with Gasteiger partial charge in [0.2, 0.25) is 0 Å². The first-order valence-electron chi connectivity index (χ1n) is 11.6. The third-order valence-corrected chi connectivity index (χ3v) is 5.69. The number of alkyl halides is 3. The van der Waals surface area contributed by atoms with Crippen molar-refractivity contribution in [1.82, 2.24) is 5.32 Å². The molecule has 1 heterocycles. The molecule has 0 aliphatic heterocycles. The third kappa shape index (κ3) is 8.96. The SMILES string of the molecule is COC(=O)N/C=C/CCC(C)c1cc(O)c(C(=O)/C(C)=C/c2ccc(CCC(F)(F)F)cc2C)c(=O)o1. The second-order valence-corrected chi connectivity index (χ2v) is 8.68. The van der Waals surface area contributed by atoms with Gasteiger partial charge in [-0.15, -0.1) is 0 Å². The Morgan fingerprint density at radius 3 is 2.54 bits per heavy atom. The minimum atomic E-state index is -4.24. The zero-order valence-electron chi connectivity index (χ0n) is 21.1. The molecule has 1 unspecified atom stereocenters. The van der Waals surface area contributed by atoms with Gasteiger partial charge in [-0.1, -0.05) is 31.2 Å². The van der Waals surface area contributed by atoms with Crippen LogP contribution in [0.15, 0.2) is 51.3 Å². The first kappa shape index (κ1) is 29.4. The van der Waals surface area contributed by atoms with E-state index in [1.807, 2.05) is 0 Å². The molecule has 2 aromatic rings. The van der Waals surface area contributed by atoms with Crippen molar-refractivity contribution >= 4 is 18.0 Å². The number of hydrogen-bond donors (Lipinski definition) is 2. The summed E-state index contributed by atoms with van der Waals surface area (Å²) in [5.41, 5.74) is 0.480. The van der Waals surface area contributed by atoms with Gasteiger partial charge in [0, 0.05) is 24.6 Å². The number of rotatable bonds is 10. The molecule has 0 saturated carbocycles. The molecule has 0 spiro atoms. The number of hydrogen-bond acceptors (Lipinski definition) is 6. The average molecular weight is 522 g/mol. The van der Waals surface area contributed by atoms with Crippen molar-refractivity contribution < 1.29 is 37.0 Å². The van der Waals surface area contributed by atoms with Crippen LogP contribution in [0.1, 0.15) is 71.8 Å². The highest BCUT2D eigenvalue weighted by molar-refractivity contribution is 6.12. The number of methoxy groups -OCH3 is 1. The first-order valence-corrected chi connectivity index (χ1v) is 11.6. The standard InChI is InChI=1S/C27H30F3NO6/c1-16(7-5-6-12-31-26(35)36-4)22-15-21(32)23(25(34)37-22)24(33)18(3)14-20-9-8-19(13-17(20)2)10-11-27(28,29)30/h6,8-9,12-16,32H,5,7,10-11H2,1-4H3,(H,31,35)/b12-6+,18-14+. The lowest BCUT2D eigenvalue weighted by Crippen LogP contribution is -2.17. The number of Topliss-reactive ketones (excluding diaryl/α,β-unsaturated/α-hetero) is 1. The summed E-state index contributed by atoms with van der Waals surface area (Å²) in [6, 6.07) is 6.03. The summed E-state index contributed by atoms with van der Waals surface area (Å²) in [5.74, 6) is -1.28. The van der Waals surface area contributed by atoms with Gasteiger partial charge in [0.25, 0.3) is 0 Å². The monoisotopic (exact) mass is 521 g/mol. The average Bonchev–Trinajstić information content (AvgIpc) is 2.82. The molecule has 0 bridgehead atoms. The number of halogens is 3. The number of aromatic hydroxyl groups is 1. The van der Waals surface area contributed by atoms with Gasteiger partial charge < -0.3 is 14.3 Å². The molecule has 0 aliphatic carbocycles. The Hall–Kier alpha value is -3.82. The molecular formula is C27H30F3NO6. The van der Waals surface area contributed by atoms with Crippen molar-refractivity contribution in [3.63, 3.8) is 0 Å². The number of ether oxygens (including phenoxy) is 1. The van der Waals surface area contributed by atoms with Gasteiger partial charge in [-0.2, -0.15) is 13.2 Å². The van der Waals surface area contributed by atoms with E-state index in [1.54, 1.807) is 38.1 Å². The number of carbonyl (C=O) groups is 2. The van der Waals surface area contributed by atoms with Crippen molar-refractivity contribution in [1.29, 1.82) is 0 Å². The van der Waals surface area contributed by atoms with Crippen LogP contribution in [-0.2, 0) is 11.2 Å². The number of carbonyl (C=O) groups excluding carboxylic acids is 2. The van der Waals surface area contributed by atoms with Crippen LogP contribution in [0, 0.1) is 6.92 Å². The van der Waals surface area contributed by atoms with Crippen molar-refractivity contribution in [3.8, 4) is 5.75 Å². The Morgan fingerprint density at radius 1 is 1.24 bits per heavy atom. The van der Waals surface area contributed by atoms with Gasteiger partial charge in [-0.05, 0) is 61.4 Å². The van der Waals surface area contributed by atoms with Gasteiger partial charge in [-0.3, -0.25) is 10.1 Å². The van der Waals surface area contributed by atoms with E-state index in [9.17, 15) is 32.7 Å². The highest BCUT2D eigenvalue weighted by atomic mass is 19.4. The molecule has 1 amide bonds. The fourth-order valence-electron chi connectivity index (χ4n) is 3.55. The topological polar surface area (TPSA) is 106 Å². The van der Waals surface area contributed by atoms with Crippen LogP contribution in [0.2, 0.25) is 0 Å². The van der Waals surface area contributed by atoms with E-state index in [0.717, 1.165) is 0 Å². The Morgan fingerprint density at radius 2 is 1.95 bits per heavy atom. The predicted molar refractivity (Wildman–Crippen MR) is 133 cm³/mol. The molecular weight excluding hydrogens is 491 g/mol. The number of allylic oxidation sites excluding steroid dienone is 2. The van der Waals surface area contributed by atoms with Crippen LogP contribution >= 0.6 is 0 Å². The van der Waals surface area contributed by atoms with Crippen molar-refractivity contribution in [2.45, 2.75) is 58.5 Å². The minimum absolute atomic E-state index is 0.146. The molecule has 10 heteroatoms. The van der Waals surface area contributed by atoms with Gasteiger partial charge in [0.05, 0.1) is 7.11 Å². The Labute approximate surface area is 212 Å². The lowest BCUT2D eigenvalue weighted by molar-refractivity contribution is -0.134. The predicted octanol–water partition coefficient (Wildman–Crippen LogP) is 6.19. The van der Waals surface area contributed by atoms with Crippen LogP contribution in [0.4, 0.5) is 18.0 Å². The van der Waals surface area contributed by atoms with Crippen LogP contribution in [-0.4, -0.2) is 30.3 Å². The summed E-state index contributed by atoms with van der Waals surface area (Å²) in [7, 11) is 1.25. The second kappa shape index (κ2) is 12.9. The number of ketones is 1. The van der Waals surface area contributed by atoms with Crippen LogP contribution in [0.25, 0.3) is 6.08 Å². The number of alkyl carbamates (subject to hydrolysis) is 1. The number of benzene rings is 1. The summed E-state index contributed by atoms with van der Waals surface area (Å²) in [6.45, 7) is 4.97. The largest absolute Gasteiger partial charge is 0.507 e. The molecule has 1 atom stereocenters. The zero-order valence-corrected chi connectivity index (χ0v) is 21.1. The van der Waals surface area contributed by atoms with E-state index in [2.05, 4.69) is 10.1 Å². The van der Waals surface area contributed by atoms with Gasteiger partial charge in [-0.25, -0.2) is 9.59 Å². The Kier molecular flexibility index (Phi) is 10.3. The smallest absolute Gasteiger partial charge is 0.410 e. The maximum absolute atomic E-state index is 12.9. The van der Waals surface area contributed by atoms with Gasteiger partial charge in [0.1, 0.15) is 17.1 Å². The van der Waals surface area contributed by atoms with Crippen LogP contribution in [0.5, 0.6) is 5.75 Å². The van der Waals surface area contributed by atoms with E-state index in [0.29, 0.717) is 29.5 Å². The lowest BCUT2D eigenvalue weighted by atomic mass is 9.97. The maximum Gasteiger partial charge on any atom is 0.410 e. The summed E-state index contributed by atoms with van der Waals surface area (Å²) in [6.07, 6.45) is -0.208. The highest BCUT2D eigenvalue weighted by Crippen LogP contribution is 2.27. The normalized spacial score (nSPS) is 13.0. The maximum atomic E-state index is 12.9. The molecule has 1 aromatic heterocycles. The molecule has 2 rings (SSSR count). The van der Waals surface area contributed by atoms with Crippen LogP contribution < -0.4 is 10.9 Å². The molecule has 0 fully saturated rings. The van der Waals surface area contributed by atoms with Crippen molar-refractivity contribution in [2.75, 3.05) is 7.11 Å². The van der Waals surface area contributed by atoms with E-state index in [-0.39, 0.29) is 23.7 Å². The van der Waals surface area contributed by atoms with Crippen LogP contribution in [0.3, 0.4) is 0 Å². The molecule has 37 heavy (non-hydrogen) atoms. The van der Waals surface area contributed by atoms with E-state index in [1.165, 1.54) is 32.4 Å². The Balaban J connectivity index is 2.14. The number of aryl methyl sites for hydroxylation is 2. The minimum Gasteiger partial charge on any atom is -0.507 e. The zero-order chi connectivity index (χ0) is 27.8. The summed E-state index contributed by atoms with van der Waals surface area (Å²) >= 11 is 0.